The summed E-state index contributed by atoms with van der Waals surface area (Å²) >= 11 is 3.38. The minimum atomic E-state index is -1.01. The van der Waals surface area contributed by atoms with Crippen molar-refractivity contribution in [2.24, 2.45) is 5.92 Å². The Kier molecular flexibility index (Phi) is 7.17. The molecule has 2 N–H and O–H groups in total. The van der Waals surface area contributed by atoms with Gasteiger partial charge in [-0.25, -0.2) is 13.5 Å². The molecular weight excluding hydrogens is 470 g/mol. The molecule has 1 aromatic heterocycles. The molecule has 0 bridgehead atoms. The van der Waals surface area contributed by atoms with Crippen LogP contribution in [0.5, 0.6) is 0 Å². The van der Waals surface area contributed by atoms with Crippen molar-refractivity contribution >= 4 is 33.6 Å². The number of hydrogen-bond donors (Lipinski definition) is 2. The molecule has 2 amide bonds. The molecule has 3 rings (SSSR count). The van der Waals surface area contributed by atoms with Gasteiger partial charge in [0, 0.05) is 10.5 Å². The lowest BCUT2D eigenvalue weighted by molar-refractivity contribution is -0.118. The molecule has 0 aliphatic heterocycles. The van der Waals surface area contributed by atoms with Crippen molar-refractivity contribution in [3.63, 3.8) is 0 Å². The van der Waals surface area contributed by atoms with Gasteiger partial charge in [-0.2, -0.15) is 5.10 Å². The van der Waals surface area contributed by atoms with Crippen LogP contribution >= 0.6 is 15.9 Å². The number of hydrogen-bond acceptors (Lipinski definition) is 3. The van der Waals surface area contributed by atoms with Crippen LogP contribution in [0.15, 0.2) is 59.2 Å². The summed E-state index contributed by atoms with van der Waals surface area (Å²) in [6.45, 7) is 3.87. The quantitative estimate of drug-likeness (QED) is 0.516. The highest BCUT2D eigenvalue weighted by atomic mass is 79.9. The van der Waals surface area contributed by atoms with Gasteiger partial charge in [-0.3, -0.25) is 9.59 Å². The van der Waals surface area contributed by atoms with E-state index in [-0.39, 0.29) is 5.92 Å². The Morgan fingerprint density at radius 1 is 1.06 bits per heavy atom. The smallest absolute Gasteiger partial charge is 0.257 e. The summed E-state index contributed by atoms with van der Waals surface area (Å²) in [6.07, 6.45) is 1.55. The van der Waals surface area contributed by atoms with E-state index in [0.717, 1.165) is 22.2 Å². The average Bonchev–Trinajstić information content (AvgIpc) is 3.14. The van der Waals surface area contributed by atoms with Crippen molar-refractivity contribution in [3.8, 4) is 0 Å². The number of nitrogens with one attached hydrogen (secondary N) is 2. The van der Waals surface area contributed by atoms with E-state index in [9.17, 15) is 18.4 Å². The molecule has 6 nitrogen and oxygen atoms in total. The highest BCUT2D eigenvalue weighted by Gasteiger charge is 2.28. The molecule has 2 aromatic carbocycles. The highest BCUT2D eigenvalue weighted by Crippen LogP contribution is 2.16. The molecule has 31 heavy (non-hydrogen) atoms. The minimum absolute atomic E-state index is 0.332. The van der Waals surface area contributed by atoms with Crippen LogP contribution in [0.25, 0.3) is 0 Å². The second kappa shape index (κ2) is 9.82. The fourth-order valence-corrected chi connectivity index (χ4v) is 3.26. The first-order chi connectivity index (χ1) is 14.8. The van der Waals surface area contributed by atoms with Gasteiger partial charge in [-0.1, -0.05) is 48.0 Å². The third-order valence-corrected chi connectivity index (χ3v) is 5.17. The number of carbonyl (C=O) groups is 2. The van der Waals surface area contributed by atoms with Gasteiger partial charge >= 0.3 is 0 Å². The second-order valence-electron chi connectivity index (χ2n) is 7.28. The Balaban J connectivity index is 1.74. The standard InChI is InChI=1S/C22H21BrF2N4O2/c1-13(2)20(28-21(30)19-16(24)4-3-5-17(19)25)22(31)27-18-10-11-26-29(18)12-14-6-8-15(23)9-7-14/h3-11,13,20H,12H2,1-2H3,(H,27,31)(H,28,30)/t20-/m1/s1. The number of nitrogens with zero attached hydrogens (tertiary/aromatic N) is 2. The molecule has 3 aromatic rings. The van der Waals surface area contributed by atoms with Crippen LogP contribution in [-0.4, -0.2) is 27.6 Å². The van der Waals surface area contributed by atoms with E-state index in [2.05, 4.69) is 31.7 Å². The van der Waals surface area contributed by atoms with E-state index in [4.69, 9.17) is 0 Å². The molecule has 0 fully saturated rings. The van der Waals surface area contributed by atoms with E-state index in [1.54, 1.807) is 30.8 Å². The topological polar surface area (TPSA) is 76.0 Å². The van der Waals surface area contributed by atoms with Gasteiger partial charge in [0.15, 0.2) is 0 Å². The lowest BCUT2D eigenvalue weighted by atomic mass is 10.0. The fraction of sp³-hybridized carbons (Fsp3) is 0.227. The first-order valence-electron chi connectivity index (χ1n) is 9.58. The van der Waals surface area contributed by atoms with E-state index >= 15 is 0 Å². The highest BCUT2D eigenvalue weighted by molar-refractivity contribution is 9.10. The van der Waals surface area contributed by atoms with Crippen molar-refractivity contribution in [3.05, 3.63) is 82.0 Å². The largest absolute Gasteiger partial charge is 0.340 e. The zero-order valence-electron chi connectivity index (χ0n) is 16.9. The van der Waals surface area contributed by atoms with Crippen LogP contribution in [0, 0.1) is 17.6 Å². The van der Waals surface area contributed by atoms with E-state index in [1.807, 2.05) is 24.3 Å². The summed E-state index contributed by atoms with van der Waals surface area (Å²) < 4.78 is 30.4. The van der Waals surface area contributed by atoms with Gasteiger partial charge in [-0.15, -0.1) is 0 Å². The maximum absolute atomic E-state index is 13.9. The van der Waals surface area contributed by atoms with Gasteiger partial charge < -0.3 is 10.6 Å². The molecule has 0 unspecified atom stereocenters. The summed E-state index contributed by atoms with van der Waals surface area (Å²) in [4.78, 5) is 25.3. The van der Waals surface area contributed by atoms with Crippen LogP contribution in [-0.2, 0) is 11.3 Å². The van der Waals surface area contributed by atoms with Crippen LogP contribution in [0.3, 0.4) is 0 Å². The number of aromatic nitrogens is 2. The fourth-order valence-electron chi connectivity index (χ4n) is 2.99. The molecule has 0 spiro atoms. The summed E-state index contributed by atoms with van der Waals surface area (Å²) in [5.41, 5.74) is 0.257. The van der Waals surface area contributed by atoms with Crippen LogP contribution in [0.4, 0.5) is 14.6 Å². The van der Waals surface area contributed by atoms with Gasteiger partial charge in [0.1, 0.15) is 29.1 Å². The first-order valence-corrected chi connectivity index (χ1v) is 10.4. The lowest BCUT2D eigenvalue weighted by Gasteiger charge is -2.22. The summed E-state index contributed by atoms with van der Waals surface area (Å²) in [6, 6.07) is 11.4. The van der Waals surface area contributed by atoms with Gasteiger partial charge in [-0.05, 0) is 35.7 Å². The van der Waals surface area contributed by atoms with E-state index < -0.39 is 35.1 Å². The van der Waals surface area contributed by atoms with Crippen molar-refractivity contribution in [1.82, 2.24) is 15.1 Å². The van der Waals surface area contributed by atoms with Gasteiger partial charge in [0.25, 0.3) is 5.91 Å². The van der Waals surface area contributed by atoms with Crippen molar-refractivity contribution in [2.75, 3.05) is 5.32 Å². The molecule has 162 valence electrons. The second-order valence-corrected chi connectivity index (χ2v) is 8.20. The van der Waals surface area contributed by atoms with E-state index in [0.29, 0.717) is 12.4 Å². The molecule has 0 saturated heterocycles. The molecule has 1 heterocycles. The minimum Gasteiger partial charge on any atom is -0.340 e. The van der Waals surface area contributed by atoms with Crippen LogP contribution in [0.2, 0.25) is 0 Å². The third kappa shape index (κ3) is 5.55. The molecule has 0 saturated carbocycles. The summed E-state index contributed by atoms with van der Waals surface area (Å²) in [5, 5.41) is 9.40. The normalized spacial score (nSPS) is 11.9. The van der Waals surface area contributed by atoms with Crippen molar-refractivity contribution in [1.29, 1.82) is 0 Å². The molecule has 1 atom stereocenters. The van der Waals surface area contributed by atoms with E-state index in [1.165, 1.54) is 6.07 Å². The zero-order valence-corrected chi connectivity index (χ0v) is 18.5. The molecule has 0 radical (unpaired) electrons. The number of anilines is 1. The molecular formula is C22H21BrF2N4O2. The summed E-state index contributed by atoms with van der Waals surface area (Å²) in [7, 11) is 0. The van der Waals surface area contributed by atoms with Crippen molar-refractivity contribution in [2.45, 2.75) is 26.4 Å². The molecule has 0 aliphatic carbocycles. The molecule has 9 heteroatoms. The monoisotopic (exact) mass is 490 g/mol. The number of carbonyl (C=O) groups excluding carboxylic acids is 2. The average molecular weight is 491 g/mol. The summed E-state index contributed by atoms with van der Waals surface area (Å²) in [5.74, 6) is -3.39. The predicted molar refractivity (Wildman–Crippen MR) is 117 cm³/mol. The Hall–Kier alpha value is -3.07. The zero-order chi connectivity index (χ0) is 22.5. The SMILES string of the molecule is CC(C)[C@@H](NC(=O)c1c(F)cccc1F)C(=O)Nc1ccnn1Cc1ccc(Br)cc1. The number of rotatable bonds is 7. The van der Waals surface area contributed by atoms with Crippen LogP contribution < -0.4 is 10.6 Å². The first kappa shape index (κ1) is 22.6. The Bertz CT molecular complexity index is 1060. The number of benzene rings is 2. The molecule has 0 aliphatic rings. The number of amides is 2. The predicted octanol–water partition coefficient (Wildman–Crippen LogP) is 4.37. The maximum Gasteiger partial charge on any atom is 0.257 e. The third-order valence-electron chi connectivity index (χ3n) is 4.64. The number of halogens is 3. The Morgan fingerprint density at radius 3 is 2.32 bits per heavy atom. The van der Waals surface area contributed by atoms with Crippen molar-refractivity contribution < 1.29 is 18.4 Å². The lowest BCUT2D eigenvalue weighted by Crippen LogP contribution is -2.47. The Morgan fingerprint density at radius 2 is 1.71 bits per heavy atom. The Labute approximate surface area is 186 Å². The van der Waals surface area contributed by atoms with Gasteiger partial charge in [0.2, 0.25) is 5.91 Å². The van der Waals surface area contributed by atoms with Gasteiger partial charge in [0.05, 0.1) is 12.7 Å². The maximum atomic E-state index is 13.9. The van der Waals surface area contributed by atoms with Crippen LogP contribution in [0.1, 0.15) is 29.8 Å².